The minimum absolute atomic E-state index is 0.432. The van der Waals surface area contributed by atoms with Gasteiger partial charge in [-0.3, -0.25) is 4.90 Å². The third-order valence-electron chi connectivity index (χ3n) is 3.62. The summed E-state index contributed by atoms with van der Waals surface area (Å²) in [5.74, 6) is 0. The van der Waals surface area contributed by atoms with Crippen molar-refractivity contribution in [1.82, 2.24) is 4.90 Å². The van der Waals surface area contributed by atoms with E-state index in [0.717, 1.165) is 32.7 Å². The summed E-state index contributed by atoms with van der Waals surface area (Å²) in [4.78, 5) is 2.23. The van der Waals surface area contributed by atoms with Crippen LogP contribution in [0, 0.1) is 18.3 Å². The molecule has 1 atom stereocenters. The van der Waals surface area contributed by atoms with Gasteiger partial charge >= 0.3 is 0 Å². The molecule has 1 fully saturated rings. The normalized spacial score (nSPS) is 20.1. The molecular formula is C15H20N2O. The summed E-state index contributed by atoms with van der Waals surface area (Å²) in [5, 5.41) is 9.52. The molecule has 0 saturated carbocycles. The van der Waals surface area contributed by atoms with Gasteiger partial charge in [0.25, 0.3) is 0 Å². The molecule has 0 aliphatic carbocycles. The topological polar surface area (TPSA) is 36.3 Å². The van der Waals surface area contributed by atoms with E-state index in [9.17, 15) is 5.26 Å². The minimum Gasteiger partial charge on any atom is -0.379 e. The zero-order valence-corrected chi connectivity index (χ0v) is 11.1. The number of hydrogen-bond acceptors (Lipinski definition) is 3. The Balaban J connectivity index is 2.12. The fourth-order valence-electron chi connectivity index (χ4n) is 2.38. The van der Waals surface area contributed by atoms with E-state index >= 15 is 0 Å². The number of benzene rings is 1. The summed E-state index contributed by atoms with van der Waals surface area (Å²) < 4.78 is 5.35. The third kappa shape index (κ3) is 2.90. The largest absolute Gasteiger partial charge is 0.379 e. The number of morpholine rings is 1. The second-order valence-corrected chi connectivity index (χ2v) is 5.15. The van der Waals surface area contributed by atoms with Gasteiger partial charge in [0.1, 0.15) is 5.54 Å². The van der Waals surface area contributed by atoms with Crippen molar-refractivity contribution in [1.29, 1.82) is 5.26 Å². The Morgan fingerprint density at radius 3 is 2.44 bits per heavy atom. The predicted molar refractivity (Wildman–Crippen MR) is 71.3 cm³/mol. The number of rotatable bonds is 3. The van der Waals surface area contributed by atoms with Gasteiger partial charge in [-0.25, -0.2) is 0 Å². The van der Waals surface area contributed by atoms with Crippen molar-refractivity contribution in [3.05, 3.63) is 35.4 Å². The Kier molecular flexibility index (Phi) is 4.00. The Morgan fingerprint density at radius 2 is 1.89 bits per heavy atom. The fourth-order valence-corrected chi connectivity index (χ4v) is 2.38. The molecule has 1 saturated heterocycles. The van der Waals surface area contributed by atoms with Crippen LogP contribution in [0.25, 0.3) is 0 Å². The molecule has 18 heavy (non-hydrogen) atoms. The van der Waals surface area contributed by atoms with Crippen molar-refractivity contribution < 1.29 is 4.74 Å². The maximum atomic E-state index is 9.52. The van der Waals surface area contributed by atoms with Gasteiger partial charge in [-0.05, 0) is 19.4 Å². The SMILES string of the molecule is Cc1ccc(CC(C)(C#N)N2CCOCC2)cc1. The molecule has 3 nitrogen and oxygen atoms in total. The molecule has 1 aromatic carbocycles. The van der Waals surface area contributed by atoms with Gasteiger partial charge in [-0.2, -0.15) is 5.26 Å². The van der Waals surface area contributed by atoms with E-state index in [1.807, 2.05) is 6.92 Å². The number of nitriles is 1. The Hall–Kier alpha value is -1.37. The van der Waals surface area contributed by atoms with E-state index in [-0.39, 0.29) is 0 Å². The molecule has 0 radical (unpaired) electrons. The number of ether oxygens (including phenoxy) is 1. The first-order chi connectivity index (χ1) is 8.64. The van der Waals surface area contributed by atoms with Crippen molar-refractivity contribution in [3.8, 4) is 6.07 Å². The standard InChI is InChI=1S/C15H20N2O/c1-13-3-5-14(6-4-13)11-15(2,12-16)17-7-9-18-10-8-17/h3-6H,7-11H2,1-2H3. The molecule has 1 unspecified atom stereocenters. The first-order valence-corrected chi connectivity index (χ1v) is 6.44. The van der Waals surface area contributed by atoms with E-state index in [2.05, 4.69) is 42.2 Å². The first kappa shape index (κ1) is 13.1. The van der Waals surface area contributed by atoms with Crippen molar-refractivity contribution in [2.24, 2.45) is 0 Å². The number of nitrogens with zero attached hydrogens (tertiary/aromatic N) is 2. The lowest BCUT2D eigenvalue weighted by Crippen LogP contribution is -2.52. The molecule has 1 heterocycles. The summed E-state index contributed by atoms with van der Waals surface area (Å²) >= 11 is 0. The van der Waals surface area contributed by atoms with Gasteiger partial charge in [-0.1, -0.05) is 29.8 Å². The van der Waals surface area contributed by atoms with Gasteiger partial charge in [-0.15, -0.1) is 0 Å². The van der Waals surface area contributed by atoms with Crippen LogP contribution in [0.2, 0.25) is 0 Å². The highest BCUT2D eigenvalue weighted by Crippen LogP contribution is 2.21. The fraction of sp³-hybridized carbons (Fsp3) is 0.533. The van der Waals surface area contributed by atoms with Crippen LogP contribution in [-0.4, -0.2) is 36.7 Å². The first-order valence-electron chi connectivity index (χ1n) is 6.44. The van der Waals surface area contributed by atoms with Crippen LogP contribution in [0.3, 0.4) is 0 Å². The van der Waals surface area contributed by atoms with Crippen LogP contribution in [0.5, 0.6) is 0 Å². The highest BCUT2D eigenvalue weighted by atomic mass is 16.5. The van der Waals surface area contributed by atoms with Gasteiger partial charge in [0.15, 0.2) is 0 Å². The summed E-state index contributed by atoms with van der Waals surface area (Å²) in [7, 11) is 0. The summed E-state index contributed by atoms with van der Waals surface area (Å²) in [6, 6.07) is 10.9. The van der Waals surface area contributed by atoms with Crippen LogP contribution < -0.4 is 0 Å². The van der Waals surface area contributed by atoms with Gasteiger partial charge in [0, 0.05) is 19.5 Å². The van der Waals surface area contributed by atoms with E-state index in [1.165, 1.54) is 11.1 Å². The molecule has 3 heteroatoms. The summed E-state index contributed by atoms with van der Waals surface area (Å²) in [6.45, 7) is 7.25. The van der Waals surface area contributed by atoms with Crippen molar-refractivity contribution in [2.45, 2.75) is 25.8 Å². The molecule has 0 bridgehead atoms. The van der Waals surface area contributed by atoms with E-state index in [1.54, 1.807) is 0 Å². The van der Waals surface area contributed by atoms with E-state index in [4.69, 9.17) is 4.74 Å². The Morgan fingerprint density at radius 1 is 1.28 bits per heavy atom. The average molecular weight is 244 g/mol. The lowest BCUT2D eigenvalue weighted by atomic mass is 9.91. The van der Waals surface area contributed by atoms with Crippen molar-refractivity contribution in [3.63, 3.8) is 0 Å². The Bertz CT molecular complexity index is 429. The molecule has 1 aromatic rings. The molecule has 1 aliphatic rings. The van der Waals surface area contributed by atoms with Crippen molar-refractivity contribution >= 4 is 0 Å². The molecule has 0 aromatic heterocycles. The van der Waals surface area contributed by atoms with Crippen LogP contribution in [-0.2, 0) is 11.2 Å². The maximum absolute atomic E-state index is 9.52. The van der Waals surface area contributed by atoms with E-state index < -0.39 is 5.54 Å². The van der Waals surface area contributed by atoms with Crippen LogP contribution in [0.4, 0.5) is 0 Å². The third-order valence-corrected chi connectivity index (χ3v) is 3.62. The lowest BCUT2D eigenvalue weighted by molar-refractivity contribution is 0.00189. The molecule has 0 spiro atoms. The molecule has 1 aliphatic heterocycles. The summed E-state index contributed by atoms with van der Waals surface area (Å²) in [5.41, 5.74) is 2.04. The molecular weight excluding hydrogens is 224 g/mol. The van der Waals surface area contributed by atoms with Crippen LogP contribution >= 0.6 is 0 Å². The maximum Gasteiger partial charge on any atom is 0.110 e. The van der Waals surface area contributed by atoms with Crippen LogP contribution in [0.15, 0.2) is 24.3 Å². The second kappa shape index (κ2) is 5.51. The number of hydrogen-bond donors (Lipinski definition) is 0. The summed E-state index contributed by atoms with van der Waals surface area (Å²) in [6.07, 6.45) is 0.768. The van der Waals surface area contributed by atoms with Crippen LogP contribution in [0.1, 0.15) is 18.1 Å². The quantitative estimate of drug-likeness (QED) is 0.817. The second-order valence-electron chi connectivity index (χ2n) is 5.15. The van der Waals surface area contributed by atoms with Gasteiger partial charge in [0.2, 0.25) is 0 Å². The number of aryl methyl sites for hydroxylation is 1. The Labute approximate surface area is 109 Å². The minimum atomic E-state index is -0.432. The highest BCUT2D eigenvalue weighted by Gasteiger charge is 2.33. The highest BCUT2D eigenvalue weighted by molar-refractivity contribution is 5.25. The molecule has 0 N–H and O–H groups in total. The monoisotopic (exact) mass is 244 g/mol. The molecule has 0 amide bonds. The van der Waals surface area contributed by atoms with Crippen molar-refractivity contribution in [2.75, 3.05) is 26.3 Å². The smallest absolute Gasteiger partial charge is 0.110 e. The zero-order valence-electron chi connectivity index (χ0n) is 11.1. The van der Waals surface area contributed by atoms with Gasteiger partial charge in [0.05, 0.1) is 19.3 Å². The lowest BCUT2D eigenvalue weighted by Gasteiger charge is -2.38. The van der Waals surface area contributed by atoms with Gasteiger partial charge < -0.3 is 4.74 Å². The molecule has 96 valence electrons. The van der Waals surface area contributed by atoms with E-state index in [0.29, 0.717) is 0 Å². The predicted octanol–water partition coefficient (Wildman–Crippen LogP) is 2.15. The molecule has 2 rings (SSSR count). The average Bonchev–Trinajstić information content (AvgIpc) is 2.42. The zero-order chi connectivity index (χ0) is 13.0.